The minimum absolute atomic E-state index is 0.323. The number of anilines is 1. The molecule has 0 aliphatic rings. The Hall–Kier alpha value is -3.42. The standard InChI is InChI=1S/C19H19FN2O5/c1-12(18(24)22-15-8-6-14(20)7-9-15)27-17(23)11-21-19(25)13-4-3-5-16(10-13)26-2/h3-10,12H,11H2,1-2H3,(H,21,25)(H,22,24)/t12-/m1/s1. The van der Waals surface area contributed by atoms with E-state index in [1.54, 1.807) is 18.2 Å². The number of benzene rings is 2. The van der Waals surface area contributed by atoms with E-state index in [0.29, 0.717) is 17.0 Å². The van der Waals surface area contributed by atoms with Gasteiger partial charge in [0.05, 0.1) is 7.11 Å². The predicted molar refractivity (Wildman–Crippen MR) is 95.9 cm³/mol. The summed E-state index contributed by atoms with van der Waals surface area (Å²) in [6.45, 7) is 0.991. The van der Waals surface area contributed by atoms with E-state index < -0.39 is 36.2 Å². The average molecular weight is 374 g/mol. The van der Waals surface area contributed by atoms with E-state index >= 15 is 0 Å². The van der Waals surface area contributed by atoms with Gasteiger partial charge in [-0.15, -0.1) is 0 Å². The van der Waals surface area contributed by atoms with Crippen molar-refractivity contribution >= 4 is 23.5 Å². The van der Waals surface area contributed by atoms with Crippen molar-refractivity contribution in [2.24, 2.45) is 0 Å². The molecule has 142 valence electrons. The average Bonchev–Trinajstić information content (AvgIpc) is 2.67. The van der Waals surface area contributed by atoms with Crippen molar-refractivity contribution in [1.82, 2.24) is 5.32 Å². The molecule has 0 fully saturated rings. The highest BCUT2D eigenvalue weighted by atomic mass is 19.1. The summed E-state index contributed by atoms with van der Waals surface area (Å²) in [7, 11) is 1.48. The van der Waals surface area contributed by atoms with Gasteiger partial charge < -0.3 is 20.1 Å². The fraction of sp³-hybridized carbons (Fsp3) is 0.211. The lowest BCUT2D eigenvalue weighted by atomic mass is 10.2. The molecule has 0 saturated carbocycles. The number of hydrogen-bond donors (Lipinski definition) is 2. The van der Waals surface area contributed by atoms with Crippen LogP contribution in [0.3, 0.4) is 0 Å². The molecule has 0 aromatic heterocycles. The Morgan fingerprint density at radius 2 is 1.81 bits per heavy atom. The van der Waals surface area contributed by atoms with Crippen LogP contribution in [-0.4, -0.2) is 37.5 Å². The van der Waals surface area contributed by atoms with Gasteiger partial charge in [-0.05, 0) is 49.4 Å². The molecule has 2 aromatic rings. The molecule has 0 spiro atoms. The molecule has 8 heteroatoms. The molecular formula is C19H19FN2O5. The maximum Gasteiger partial charge on any atom is 0.326 e. The van der Waals surface area contributed by atoms with Gasteiger partial charge in [-0.3, -0.25) is 14.4 Å². The van der Waals surface area contributed by atoms with Gasteiger partial charge in [-0.25, -0.2) is 4.39 Å². The first-order valence-corrected chi connectivity index (χ1v) is 8.07. The molecule has 7 nitrogen and oxygen atoms in total. The number of nitrogens with one attached hydrogen (secondary N) is 2. The second-order valence-corrected chi connectivity index (χ2v) is 5.54. The number of carbonyl (C=O) groups is 3. The van der Waals surface area contributed by atoms with Crippen molar-refractivity contribution in [2.75, 3.05) is 19.0 Å². The first-order valence-electron chi connectivity index (χ1n) is 8.07. The van der Waals surface area contributed by atoms with Crippen LogP contribution in [-0.2, 0) is 14.3 Å². The lowest BCUT2D eigenvalue weighted by molar-refractivity contribution is -0.152. The van der Waals surface area contributed by atoms with Crippen LogP contribution in [0.25, 0.3) is 0 Å². The zero-order chi connectivity index (χ0) is 19.8. The summed E-state index contributed by atoms with van der Waals surface area (Å²) >= 11 is 0. The van der Waals surface area contributed by atoms with Crippen LogP contribution in [0.5, 0.6) is 5.75 Å². The van der Waals surface area contributed by atoms with Crippen LogP contribution in [0.2, 0.25) is 0 Å². The van der Waals surface area contributed by atoms with E-state index in [1.165, 1.54) is 44.4 Å². The van der Waals surface area contributed by atoms with Gasteiger partial charge in [-0.1, -0.05) is 6.07 Å². The van der Waals surface area contributed by atoms with Gasteiger partial charge in [-0.2, -0.15) is 0 Å². The maximum absolute atomic E-state index is 12.8. The van der Waals surface area contributed by atoms with Gasteiger partial charge in [0.15, 0.2) is 6.10 Å². The fourth-order valence-electron chi connectivity index (χ4n) is 2.09. The van der Waals surface area contributed by atoms with Crippen molar-refractivity contribution in [3.8, 4) is 5.75 Å². The summed E-state index contributed by atoms with van der Waals surface area (Å²) in [5.74, 6) is -1.74. The lowest BCUT2D eigenvalue weighted by Crippen LogP contribution is -2.35. The number of rotatable bonds is 7. The third-order valence-electron chi connectivity index (χ3n) is 3.51. The number of halogens is 1. The Morgan fingerprint density at radius 1 is 1.11 bits per heavy atom. The summed E-state index contributed by atoms with van der Waals surface area (Å²) in [6, 6.07) is 11.6. The van der Waals surface area contributed by atoms with Crippen LogP contribution < -0.4 is 15.4 Å². The highest BCUT2D eigenvalue weighted by molar-refractivity contribution is 5.97. The molecule has 0 unspecified atom stereocenters. The molecule has 2 aromatic carbocycles. The number of hydrogen-bond acceptors (Lipinski definition) is 5. The van der Waals surface area contributed by atoms with Crippen LogP contribution in [0.4, 0.5) is 10.1 Å². The first-order chi connectivity index (χ1) is 12.9. The summed E-state index contributed by atoms with van der Waals surface area (Å²) in [5, 5.41) is 4.90. The second-order valence-electron chi connectivity index (χ2n) is 5.54. The molecule has 0 radical (unpaired) electrons. The van der Waals surface area contributed by atoms with E-state index in [0.717, 1.165) is 0 Å². The third-order valence-corrected chi connectivity index (χ3v) is 3.51. The van der Waals surface area contributed by atoms with Gasteiger partial charge in [0.25, 0.3) is 11.8 Å². The molecule has 2 rings (SSSR count). The maximum atomic E-state index is 12.8. The number of carbonyl (C=O) groups excluding carboxylic acids is 3. The molecule has 27 heavy (non-hydrogen) atoms. The molecule has 2 N–H and O–H groups in total. The van der Waals surface area contributed by atoms with E-state index in [2.05, 4.69) is 10.6 Å². The zero-order valence-electron chi connectivity index (χ0n) is 14.8. The Balaban J connectivity index is 1.80. The Labute approximate surface area is 155 Å². The smallest absolute Gasteiger partial charge is 0.326 e. The molecule has 0 heterocycles. The fourth-order valence-corrected chi connectivity index (χ4v) is 2.09. The van der Waals surface area contributed by atoms with Crippen molar-refractivity contribution in [3.63, 3.8) is 0 Å². The van der Waals surface area contributed by atoms with Gasteiger partial charge >= 0.3 is 5.97 Å². The number of amides is 2. The largest absolute Gasteiger partial charge is 0.497 e. The second kappa shape index (κ2) is 9.33. The third kappa shape index (κ3) is 6.10. The Bertz CT molecular complexity index is 823. The minimum atomic E-state index is -1.09. The molecule has 0 aliphatic heterocycles. The zero-order valence-corrected chi connectivity index (χ0v) is 14.8. The van der Waals surface area contributed by atoms with E-state index in [9.17, 15) is 18.8 Å². The highest BCUT2D eigenvalue weighted by Crippen LogP contribution is 2.12. The molecule has 0 aliphatic carbocycles. The molecule has 0 saturated heterocycles. The topological polar surface area (TPSA) is 93.7 Å². The first kappa shape index (κ1) is 19.9. The SMILES string of the molecule is COc1cccc(C(=O)NCC(=O)O[C@H](C)C(=O)Nc2ccc(F)cc2)c1. The minimum Gasteiger partial charge on any atom is -0.497 e. The number of esters is 1. The molecule has 1 atom stereocenters. The van der Waals surface area contributed by atoms with E-state index in [-0.39, 0.29) is 0 Å². The normalized spacial score (nSPS) is 11.2. The Morgan fingerprint density at radius 3 is 2.48 bits per heavy atom. The van der Waals surface area contributed by atoms with Crippen molar-refractivity contribution in [1.29, 1.82) is 0 Å². The van der Waals surface area contributed by atoms with Gasteiger partial charge in [0, 0.05) is 11.3 Å². The van der Waals surface area contributed by atoms with Crippen LogP contribution in [0.1, 0.15) is 17.3 Å². The summed E-state index contributed by atoms with van der Waals surface area (Å²) in [4.78, 5) is 35.8. The molecule has 0 bridgehead atoms. The predicted octanol–water partition coefficient (Wildman–Crippen LogP) is 2.13. The number of ether oxygens (including phenoxy) is 2. The molecule has 2 amide bonds. The molecular weight excluding hydrogens is 355 g/mol. The summed E-state index contributed by atoms with van der Waals surface area (Å²) < 4.78 is 22.8. The van der Waals surface area contributed by atoms with Gasteiger partial charge in [0.1, 0.15) is 18.1 Å². The van der Waals surface area contributed by atoms with Crippen molar-refractivity contribution < 1.29 is 28.2 Å². The van der Waals surface area contributed by atoms with E-state index in [1.807, 2.05) is 0 Å². The lowest BCUT2D eigenvalue weighted by Gasteiger charge is -2.14. The summed E-state index contributed by atoms with van der Waals surface area (Å²) in [6.07, 6.45) is -1.09. The highest BCUT2D eigenvalue weighted by Gasteiger charge is 2.18. The van der Waals surface area contributed by atoms with Crippen LogP contribution in [0, 0.1) is 5.82 Å². The Kier molecular flexibility index (Phi) is 6.87. The van der Waals surface area contributed by atoms with Crippen LogP contribution >= 0.6 is 0 Å². The van der Waals surface area contributed by atoms with Crippen molar-refractivity contribution in [3.05, 3.63) is 59.9 Å². The quantitative estimate of drug-likeness (QED) is 0.724. The number of methoxy groups -OCH3 is 1. The van der Waals surface area contributed by atoms with E-state index in [4.69, 9.17) is 9.47 Å². The van der Waals surface area contributed by atoms with Gasteiger partial charge in [0.2, 0.25) is 0 Å². The monoisotopic (exact) mass is 374 g/mol. The summed E-state index contributed by atoms with van der Waals surface area (Å²) in [5.41, 5.74) is 0.694. The van der Waals surface area contributed by atoms with Crippen LogP contribution in [0.15, 0.2) is 48.5 Å². The van der Waals surface area contributed by atoms with Crippen molar-refractivity contribution in [2.45, 2.75) is 13.0 Å².